The van der Waals surface area contributed by atoms with E-state index in [2.05, 4.69) is 20.5 Å². The standard InChI is InChI=1S/C24H21ClN4OS/c1-16(31-24-27-22(28-29-24)19-12-14-20(25)15-13-19)23(30)26-21(17-8-4-2-5-9-17)18-10-6-3-7-11-18/h2-16,21H,1H3,(H,26,30)(H,27,28,29). The van der Waals surface area contributed by atoms with Crippen LogP contribution in [0.1, 0.15) is 24.1 Å². The summed E-state index contributed by atoms with van der Waals surface area (Å²) in [6.45, 7) is 1.85. The third-order valence-corrected chi connectivity index (χ3v) is 6.00. The van der Waals surface area contributed by atoms with Crippen LogP contribution >= 0.6 is 23.4 Å². The van der Waals surface area contributed by atoms with Gasteiger partial charge in [0.25, 0.3) is 0 Å². The summed E-state index contributed by atoms with van der Waals surface area (Å²) in [7, 11) is 0. The van der Waals surface area contributed by atoms with E-state index < -0.39 is 0 Å². The van der Waals surface area contributed by atoms with E-state index in [1.165, 1.54) is 11.8 Å². The molecule has 0 aliphatic carbocycles. The Morgan fingerprint density at radius 3 is 2.10 bits per heavy atom. The number of amides is 1. The van der Waals surface area contributed by atoms with E-state index in [1.807, 2.05) is 79.7 Å². The summed E-state index contributed by atoms with van der Waals surface area (Å²) in [5.41, 5.74) is 2.94. The maximum absolute atomic E-state index is 13.0. The molecular weight excluding hydrogens is 428 g/mol. The second-order valence-electron chi connectivity index (χ2n) is 7.00. The smallest absolute Gasteiger partial charge is 0.234 e. The lowest BCUT2D eigenvalue weighted by Gasteiger charge is -2.21. The molecule has 31 heavy (non-hydrogen) atoms. The Labute approximate surface area is 190 Å². The topological polar surface area (TPSA) is 70.7 Å². The van der Waals surface area contributed by atoms with Gasteiger partial charge in [-0.2, -0.15) is 0 Å². The minimum absolute atomic E-state index is 0.0828. The lowest BCUT2D eigenvalue weighted by atomic mass is 9.98. The predicted octanol–water partition coefficient (Wildman–Crippen LogP) is 5.51. The fourth-order valence-corrected chi connectivity index (χ4v) is 4.02. The van der Waals surface area contributed by atoms with Crippen molar-refractivity contribution >= 4 is 29.3 Å². The molecular formula is C24H21ClN4OS. The number of hydrogen-bond donors (Lipinski definition) is 2. The number of halogens is 1. The summed E-state index contributed by atoms with van der Waals surface area (Å²) in [5, 5.41) is 11.1. The number of aromatic nitrogens is 3. The molecule has 5 nitrogen and oxygen atoms in total. The molecule has 1 heterocycles. The molecule has 0 aliphatic heterocycles. The molecule has 1 aromatic heterocycles. The number of rotatable bonds is 7. The molecule has 1 atom stereocenters. The highest BCUT2D eigenvalue weighted by Gasteiger charge is 2.22. The van der Waals surface area contributed by atoms with Crippen LogP contribution in [0.5, 0.6) is 0 Å². The van der Waals surface area contributed by atoms with Crippen LogP contribution in [0.15, 0.2) is 90.1 Å². The van der Waals surface area contributed by atoms with Crippen LogP contribution < -0.4 is 5.32 Å². The van der Waals surface area contributed by atoms with Crippen molar-refractivity contribution in [1.82, 2.24) is 20.5 Å². The molecule has 0 saturated heterocycles. The van der Waals surface area contributed by atoms with Gasteiger partial charge >= 0.3 is 0 Å². The second kappa shape index (κ2) is 9.81. The summed E-state index contributed by atoms with van der Waals surface area (Å²) in [6, 6.07) is 27.0. The Hall–Kier alpha value is -3.09. The van der Waals surface area contributed by atoms with Crippen molar-refractivity contribution in [3.63, 3.8) is 0 Å². The summed E-state index contributed by atoms with van der Waals surface area (Å²) in [5.74, 6) is 0.554. The molecule has 3 aromatic carbocycles. The SMILES string of the molecule is CC(Sc1n[nH]c(-c2ccc(Cl)cc2)n1)C(=O)NC(c1ccccc1)c1ccccc1. The minimum atomic E-state index is -0.371. The first-order valence-electron chi connectivity index (χ1n) is 9.85. The van der Waals surface area contributed by atoms with Crippen LogP contribution in [0.25, 0.3) is 11.4 Å². The van der Waals surface area contributed by atoms with Gasteiger partial charge in [-0.05, 0) is 42.3 Å². The number of thioether (sulfide) groups is 1. The first-order valence-corrected chi connectivity index (χ1v) is 11.1. The molecule has 0 spiro atoms. The normalized spacial score (nSPS) is 12.0. The summed E-state index contributed by atoms with van der Waals surface area (Å²) in [4.78, 5) is 17.5. The van der Waals surface area contributed by atoms with Gasteiger partial charge in [-0.25, -0.2) is 4.98 Å². The van der Waals surface area contributed by atoms with Gasteiger partial charge in [0.05, 0.1) is 11.3 Å². The molecule has 0 saturated carbocycles. The first-order chi connectivity index (χ1) is 15.1. The number of aromatic amines is 1. The van der Waals surface area contributed by atoms with Gasteiger partial charge in [0.15, 0.2) is 5.82 Å². The monoisotopic (exact) mass is 448 g/mol. The van der Waals surface area contributed by atoms with Crippen molar-refractivity contribution in [1.29, 1.82) is 0 Å². The van der Waals surface area contributed by atoms with E-state index in [9.17, 15) is 4.79 Å². The highest BCUT2D eigenvalue weighted by atomic mass is 35.5. The fraction of sp³-hybridized carbons (Fsp3) is 0.125. The van der Waals surface area contributed by atoms with Crippen molar-refractivity contribution in [2.24, 2.45) is 0 Å². The Morgan fingerprint density at radius 2 is 1.52 bits per heavy atom. The Balaban J connectivity index is 1.46. The average molecular weight is 449 g/mol. The Kier molecular flexibility index (Phi) is 6.70. The van der Waals surface area contributed by atoms with E-state index in [-0.39, 0.29) is 17.2 Å². The zero-order chi connectivity index (χ0) is 21.6. The molecule has 4 rings (SSSR count). The molecule has 1 amide bonds. The fourth-order valence-electron chi connectivity index (χ4n) is 3.16. The van der Waals surface area contributed by atoms with Crippen molar-refractivity contribution in [2.75, 3.05) is 0 Å². The van der Waals surface area contributed by atoms with E-state index in [4.69, 9.17) is 11.6 Å². The van der Waals surface area contributed by atoms with E-state index in [0.29, 0.717) is 16.0 Å². The van der Waals surface area contributed by atoms with Crippen molar-refractivity contribution in [2.45, 2.75) is 23.4 Å². The number of H-pyrrole nitrogens is 1. The number of hydrogen-bond acceptors (Lipinski definition) is 4. The number of nitrogens with zero attached hydrogens (tertiary/aromatic N) is 2. The summed E-state index contributed by atoms with van der Waals surface area (Å²) < 4.78 is 0. The van der Waals surface area contributed by atoms with Crippen molar-refractivity contribution in [3.8, 4) is 11.4 Å². The van der Waals surface area contributed by atoms with Gasteiger partial charge in [0.1, 0.15) is 0 Å². The minimum Gasteiger partial charge on any atom is -0.344 e. The molecule has 0 fully saturated rings. The molecule has 0 bridgehead atoms. The third kappa shape index (κ3) is 5.34. The second-order valence-corrected chi connectivity index (χ2v) is 8.74. The van der Waals surface area contributed by atoms with Gasteiger partial charge < -0.3 is 5.32 Å². The van der Waals surface area contributed by atoms with Gasteiger partial charge in [-0.15, -0.1) is 5.10 Å². The van der Waals surface area contributed by atoms with E-state index >= 15 is 0 Å². The summed E-state index contributed by atoms with van der Waals surface area (Å²) in [6.07, 6.45) is 0. The van der Waals surface area contributed by atoms with Gasteiger partial charge in [-0.3, -0.25) is 9.89 Å². The Morgan fingerprint density at radius 1 is 0.935 bits per heavy atom. The Bertz CT molecular complexity index is 1090. The molecule has 7 heteroatoms. The van der Waals surface area contributed by atoms with Crippen LogP contribution in [-0.2, 0) is 4.79 Å². The molecule has 156 valence electrons. The van der Waals surface area contributed by atoms with Gasteiger partial charge in [0.2, 0.25) is 11.1 Å². The van der Waals surface area contributed by atoms with Crippen LogP contribution in [0.3, 0.4) is 0 Å². The number of carbonyl (C=O) groups is 1. The molecule has 0 radical (unpaired) electrons. The third-order valence-electron chi connectivity index (χ3n) is 4.79. The van der Waals surface area contributed by atoms with E-state index in [0.717, 1.165) is 16.7 Å². The molecule has 4 aromatic rings. The van der Waals surface area contributed by atoms with Gasteiger partial charge in [-0.1, -0.05) is 84.0 Å². The lowest BCUT2D eigenvalue weighted by molar-refractivity contribution is -0.120. The predicted molar refractivity (Wildman–Crippen MR) is 125 cm³/mol. The van der Waals surface area contributed by atoms with Gasteiger partial charge in [0, 0.05) is 10.6 Å². The average Bonchev–Trinajstić information content (AvgIpc) is 3.27. The maximum Gasteiger partial charge on any atom is 0.234 e. The molecule has 0 aliphatic rings. The number of nitrogens with one attached hydrogen (secondary N) is 2. The number of carbonyl (C=O) groups excluding carboxylic acids is 1. The maximum atomic E-state index is 13.0. The zero-order valence-electron chi connectivity index (χ0n) is 16.8. The lowest BCUT2D eigenvalue weighted by Crippen LogP contribution is -2.35. The highest BCUT2D eigenvalue weighted by Crippen LogP contribution is 2.26. The summed E-state index contributed by atoms with van der Waals surface area (Å²) >= 11 is 7.25. The van der Waals surface area contributed by atoms with Crippen LogP contribution in [0.4, 0.5) is 0 Å². The van der Waals surface area contributed by atoms with E-state index in [1.54, 1.807) is 12.1 Å². The van der Waals surface area contributed by atoms with Crippen LogP contribution in [0, 0.1) is 0 Å². The molecule has 2 N–H and O–H groups in total. The van der Waals surface area contributed by atoms with Crippen molar-refractivity contribution in [3.05, 3.63) is 101 Å². The van der Waals surface area contributed by atoms with Crippen LogP contribution in [0.2, 0.25) is 5.02 Å². The quantitative estimate of drug-likeness (QED) is 0.365. The molecule has 1 unspecified atom stereocenters. The first kappa shape index (κ1) is 21.2. The largest absolute Gasteiger partial charge is 0.344 e. The van der Waals surface area contributed by atoms with Crippen LogP contribution in [-0.4, -0.2) is 26.3 Å². The highest BCUT2D eigenvalue weighted by molar-refractivity contribution is 8.00. The van der Waals surface area contributed by atoms with Crippen molar-refractivity contribution < 1.29 is 4.79 Å². The number of benzene rings is 3. The zero-order valence-corrected chi connectivity index (χ0v) is 18.4.